The maximum absolute atomic E-state index is 12.2. The van der Waals surface area contributed by atoms with E-state index in [1.54, 1.807) is 18.2 Å². The van der Waals surface area contributed by atoms with Gasteiger partial charge >= 0.3 is 0 Å². The third kappa shape index (κ3) is 3.33. The van der Waals surface area contributed by atoms with Crippen LogP contribution in [0.2, 0.25) is 0 Å². The largest absolute Gasteiger partial charge is 0.371 e. The quantitative estimate of drug-likeness (QED) is 0.617. The molecule has 0 bridgehead atoms. The Bertz CT molecular complexity index is 590. The summed E-state index contributed by atoms with van der Waals surface area (Å²) in [6.45, 7) is 0.438. The van der Waals surface area contributed by atoms with Crippen LogP contribution in [-0.4, -0.2) is 47.8 Å². The number of carbonyl (C=O) groups excluding carboxylic acids is 2. The van der Waals surface area contributed by atoms with Crippen molar-refractivity contribution >= 4 is 23.2 Å². The number of nitrogens with one attached hydrogen (secondary N) is 2. The SMILES string of the molecule is CNC(=O)[C@@H]1CCCN1C(=O)CNc1ccccc1[N+](=O)[O-]. The normalized spacial score (nSPS) is 17.1. The van der Waals surface area contributed by atoms with Gasteiger partial charge in [0.15, 0.2) is 0 Å². The van der Waals surface area contributed by atoms with Crippen molar-refractivity contribution in [1.29, 1.82) is 0 Å². The number of amides is 2. The zero-order valence-electron chi connectivity index (χ0n) is 12.2. The number of para-hydroxylation sites is 2. The molecular formula is C14H18N4O4. The summed E-state index contributed by atoms with van der Waals surface area (Å²) in [6.07, 6.45) is 1.41. The molecule has 0 unspecified atom stereocenters. The highest BCUT2D eigenvalue weighted by Crippen LogP contribution is 2.23. The van der Waals surface area contributed by atoms with E-state index in [-0.39, 0.29) is 29.7 Å². The molecule has 1 heterocycles. The van der Waals surface area contributed by atoms with Crippen molar-refractivity contribution in [1.82, 2.24) is 10.2 Å². The van der Waals surface area contributed by atoms with Crippen LogP contribution in [0.1, 0.15) is 12.8 Å². The maximum Gasteiger partial charge on any atom is 0.292 e. The highest BCUT2D eigenvalue weighted by molar-refractivity contribution is 5.90. The Morgan fingerprint density at radius 3 is 2.82 bits per heavy atom. The minimum atomic E-state index is -0.504. The number of benzene rings is 1. The first-order valence-corrected chi connectivity index (χ1v) is 7.03. The van der Waals surface area contributed by atoms with Crippen LogP contribution in [-0.2, 0) is 9.59 Å². The lowest BCUT2D eigenvalue weighted by atomic mass is 10.2. The molecule has 0 saturated carbocycles. The van der Waals surface area contributed by atoms with Crippen molar-refractivity contribution in [2.75, 3.05) is 25.5 Å². The predicted molar refractivity (Wildman–Crippen MR) is 80.4 cm³/mol. The van der Waals surface area contributed by atoms with Crippen molar-refractivity contribution in [3.8, 4) is 0 Å². The van der Waals surface area contributed by atoms with E-state index in [0.29, 0.717) is 13.0 Å². The molecule has 1 saturated heterocycles. The first kappa shape index (κ1) is 15.7. The topological polar surface area (TPSA) is 105 Å². The Balaban J connectivity index is 2.01. The molecule has 1 fully saturated rings. The van der Waals surface area contributed by atoms with Gasteiger partial charge < -0.3 is 15.5 Å². The van der Waals surface area contributed by atoms with Gasteiger partial charge in [-0.1, -0.05) is 12.1 Å². The minimum Gasteiger partial charge on any atom is -0.371 e. The number of likely N-dealkylation sites (N-methyl/N-ethyl adjacent to an activating group) is 1. The highest BCUT2D eigenvalue weighted by atomic mass is 16.6. The van der Waals surface area contributed by atoms with Gasteiger partial charge in [0.25, 0.3) is 5.69 Å². The van der Waals surface area contributed by atoms with Crippen LogP contribution in [0.5, 0.6) is 0 Å². The first-order valence-electron chi connectivity index (χ1n) is 7.03. The third-order valence-corrected chi connectivity index (χ3v) is 3.65. The molecule has 118 valence electrons. The van der Waals surface area contributed by atoms with Crippen LogP contribution in [0.25, 0.3) is 0 Å². The van der Waals surface area contributed by atoms with Crippen molar-refractivity contribution in [2.24, 2.45) is 0 Å². The standard InChI is InChI=1S/C14H18N4O4/c1-15-14(20)12-7-4-8-17(12)13(19)9-16-10-5-2-3-6-11(10)18(21)22/h2-3,5-6,12,16H,4,7-9H2,1H3,(H,15,20)/t12-/m0/s1. The zero-order chi connectivity index (χ0) is 16.1. The van der Waals surface area contributed by atoms with Crippen LogP contribution in [0.15, 0.2) is 24.3 Å². The van der Waals surface area contributed by atoms with E-state index >= 15 is 0 Å². The molecule has 0 aliphatic carbocycles. The summed E-state index contributed by atoms with van der Waals surface area (Å²) in [7, 11) is 1.54. The number of nitrogens with zero attached hydrogens (tertiary/aromatic N) is 2. The van der Waals surface area contributed by atoms with Gasteiger partial charge in [0.2, 0.25) is 11.8 Å². The summed E-state index contributed by atoms with van der Waals surface area (Å²) in [5.74, 6) is -0.430. The number of nitro groups is 1. The number of likely N-dealkylation sites (tertiary alicyclic amines) is 1. The lowest BCUT2D eigenvalue weighted by molar-refractivity contribution is -0.383. The Labute approximate surface area is 127 Å². The van der Waals surface area contributed by atoms with Crippen molar-refractivity contribution in [2.45, 2.75) is 18.9 Å². The fourth-order valence-electron chi connectivity index (χ4n) is 2.56. The highest BCUT2D eigenvalue weighted by Gasteiger charge is 2.33. The van der Waals surface area contributed by atoms with Gasteiger partial charge in [-0.3, -0.25) is 19.7 Å². The molecule has 2 rings (SSSR count). The number of nitro benzene ring substituents is 1. The lowest BCUT2D eigenvalue weighted by Crippen LogP contribution is -2.46. The van der Waals surface area contributed by atoms with E-state index in [4.69, 9.17) is 0 Å². The van der Waals surface area contributed by atoms with E-state index in [9.17, 15) is 19.7 Å². The second-order valence-corrected chi connectivity index (χ2v) is 4.99. The molecule has 0 aromatic heterocycles. The average molecular weight is 306 g/mol. The van der Waals surface area contributed by atoms with Gasteiger partial charge in [-0.2, -0.15) is 0 Å². The molecule has 8 nitrogen and oxygen atoms in total. The summed E-state index contributed by atoms with van der Waals surface area (Å²) < 4.78 is 0. The van der Waals surface area contributed by atoms with Crippen molar-refractivity contribution in [3.05, 3.63) is 34.4 Å². The predicted octanol–water partition coefficient (Wildman–Crippen LogP) is 0.744. The molecule has 0 spiro atoms. The van der Waals surface area contributed by atoms with Crippen LogP contribution < -0.4 is 10.6 Å². The number of rotatable bonds is 5. The molecule has 2 amide bonds. The number of hydrogen-bond donors (Lipinski definition) is 2. The molecule has 2 N–H and O–H groups in total. The Kier molecular flexibility index (Phi) is 4.92. The van der Waals surface area contributed by atoms with Crippen LogP contribution in [0, 0.1) is 10.1 Å². The monoisotopic (exact) mass is 306 g/mol. The fraction of sp³-hybridized carbons (Fsp3) is 0.429. The second kappa shape index (κ2) is 6.88. The maximum atomic E-state index is 12.2. The zero-order valence-corrected chi connectivity index (χ0v) is 12.2. The van der Waals surface area contributed by atoms with Gasteiger partial charge in [0, 0.05) is 19.7 Å². The van der Waals surface area contributed by atoms with E-state index in [0.717, 1.165) is 6.42 Å². The Hall–Kier alpha value is -2.64. The molecular weight excluding hydrogens is 288 g/mol. The Morgan fingerprint density at radius 1 is 1.41 bits per heavy atom. The molecule has 22 heavy (non-hydrogen) atoms. The van der Waals surface area contributed by atoms with E-state index in [1.807, 2.05) is 0 Å². The lowest BCUT2D eigenvalue weighted by Gasteiger charge is -2.23. The molecule has 8 heteroatoms. The summed E-state index contributed by atoms with van der Waals surface area (Å²) in [5.41, 5.74) is 0.205. The van der Waals surface area contributed by atoms with Crippen molar-refractivity contribution in [3.63, 3.8) is 0 Å². The third-order valence-electron chi connectivity index (χ3n) is 3.65. The first-order chi connectivity index (χ1) is 10.5. The van der Waals surface area contributed by atoms with Gasteiger partial charge in [0.1, 0.15) is 11.7 Å². The molecule has 1 aliphatic heterocycles. The fourth-order valence-corrected chi connectivity index (χ4v) is 2.56. The molecule has 1 aliphatic rings. The summed E-state index contributed by atoms with van der Waals surface area (Å²) in [5, 5.41) is 16.3. The summed E-state index contributed by atoms with van der Waals surface area (Å²) in [6, 6.07) is 5.68. The van der Waals surface area contributed by atoms with Gasteiger partial charge in [0.05, 0.1) is 11.5 Å². The molecule has 1 aromatic carbocycles. The number of anilines is 1. The second-order valence-electron chi connectivity index (χ2n) is 4.99. The van der Waals surface area contributed by atoms with E-state index in [1.165, 1.54) is 18.0 Å². The molecule has 1 atom stereocenters. The van der Waals surface area contributed by atoms with E-state index < -0.39 is 11.0 Å². The van der Waals surface area contributed by atoms with Gasteiger partial charge in [-0.05, 0) is 18.9 Å². The summed E-state index contributed by atoms with van der Waals surface area (Å²) >= 11 is 0. The Morgan fingerprint density at radius 2 is 2.14 bits per heavy atom. The van der Waals surface area contributed by atoms with Crippen LogP contribution >= 0.6 is 0 Å². The van der Waals surface area contributed by atoms with Crippen LogP contribution in [0.3, 0.4) is 0 Å². The van der Waals surface area contributed by atoms with Crippen LogP contribution in [0.4, 0.5) is 11.4 Å². The number of hydrogen-bond acceptors (Lipinski definition) is 5. The smallest absolute Gasteiger partial charge is 0.292 e. The van der Waals surface area contributed by atoms with Gasteiger partial charge in [-0.25, -0.2) is 0 Å². The van der Waals surface area contributed by atoms with E-state index in [2.05, 4.69) is 10.6 Å². The van der Waals surface area contributed by atoms with Crippen molar-refractivity contribution < 1.29 is 14.5 Å². The number of carbonyl (C=O) groups is 2. The molecule has 0 radical (unpaired) electrons. The minimum absolute atomic E-state index is 0.0837. The average Bonchev–Trinajstić information content (AvgIpc) is 3.01. The van der Waals surface area contributed by atoms with Gasteiger partial charge in [-0.15, -0.1) is 0 Å². The summed E-state index contributed by atoms with van der Waals surface area (Å²) in [4.78, 5) is 35.9. The molecule has 1 aromatic rings.